The number of carboxylic acid groups (broad SMARTS) is 1. The molecule has 1 saturated heterocycles. The molecule has 1 aromatic rings. The SMILES string of the molecule is Cc1ccc(N2C[C@@H](CNC(=O)O)OC2=O)cc1F. The Morgan fingerprint density at radius 3 is 3.00 bits per heavy atom. The summed E-state index contributed by atoms with van der Waals surface area (Å²) in [4.78, 5) is 23.3. The van der Waals surface area contributed by atoms with E-state index in [4.69, 9.17) is 9.84 Å². The molecule has 1 aliphatic heterocycles. The monoisotopic (exact) mass is 268 g/mol. The highest BCUT2D eigenvalue weighted by Crippen LogP contribution is 2.23. The third-order valence-electron chi connectivity index (χ3n) is 2.82. The molecular formula is C12H13FN2O4. The lowest BCUT2D eigenvalue weighted by Gasteiger charge is -2.13. The molecule has 102 valence electrons. The van der Waals surface area contributed by atoms with Crippen LogP contribution < -0.4 is 10.2 Å². The predicted octanol–water partition coefficient (Wildman–Crippen LogP) is 1.73. The first-order valence-electron chi connectivity index (χ1n) is 5.68. The van der Waals surface area contributed by atoms with E-state index in [2.05, 4.69) is 5.32 Å². The van der Waals surface area contributed by atoms with Crippen LogP contribution in [-0.4, -0.2) is 36.5 Å². The fourth-order valence-corrected chi connectivity index (χ4v) is 1.79. The van der Waals surface area contributed by atoms with Gasteiger partial charge in [-0.3, -0.25) is 4.90 Å². The van der Waals surface area contributed by atoms with Gasteiger partial charge in [-0.1, -0.05) is 6.07 Å². The number of cyclic esters (lactones) is 1. The summed E-state index contributed by atoms with van der Waals surface area (Å²) < 4.78 is 18.4. The van der Waals surface area contributed by atoms with Gasteiger partial charge in [0.25, 0.3) is 0 Å². The van der Waals surface area contributed by atoms with E-state index in [0.29, 0.717) is 11.3 Å². The van der Waals surface area contributed by atoms with Crippen molar-refractivity contribution in [1.29, 1.82) is 0 Å². The molecular weight excluding hydrogens is 255 g/mol. The Balaban J connectivity index is 2.07. The van der Waals surface area contributed by atoms with Crippen LogP contribution in [0.2, 0.25) is 0 Å². The van der Waals surface area contributed by atoms with Gasteiger partial charge in [0.1, 0.15) is 11.9 Å². The summed E-state index contributed by atoms with van der Waals surface area (Å²) in [5.74, 6) is -0.405. The molecule has 6 nitrogen and oxygen atoms in total. The minimum atomic E-state index is -1.18. The van der Waals surface area contributed by atoms with Gasteiger partial charge >= 0.3 is 12.2 Å². The Hall–Kier alpha value is -2.31. The zero-order valence-corrected chi connectivity index (χ0v) is 10.2. The molecule has 0 unspecified atom stereocenters. The number of aryl methyl sites for hydroxylation is 1. The van der Waals surface area contributed by atoms with Gasteiger partial charge in [0.05, 0.1) is 18.8 Å². The Morgan fingerprint density at radius 1 is 1.63 bits per heavy atom. The van der Waals surface area contributed by atoms with Crippen LogP contribution in [0.1, 0.15) is 5.56 Å². The first kappa shape index (κ1) is 13.1. The molecule has 0 radical (unpaired) electrons. The van der Waals surface area contributed by atoms with Crippen LogP contribution in [0.5, 0.6) is 0 Å². The second-order valence-electron chi connectivity index (χ2n) is 4.24. The van der Waals surface area contributed by atoms with E-state index < -0.39 is 24.1 Å². The maximum atomic E-state index is 13.4. The van der Waals surface area contributed by atoms with Crippen LogP contribution in [0, 0.1) is 12.7 Å². The van der Waals surface area contributed by atoms with Crippen molar-refractivity contribution in [2.24, 2.45) is 0 Å². The van der Waals surface area contributed by atoms with Crippen molar-refractivity contribution in [3.8, 4) is 0 Å². The normalized spacial score (nSPS) is 18.3. The number of anilines is 1. The largest absolute Gasteiger partial charge is 0.465 e. The number of halogens is 1. The average Bonchev–Trinajstić information content (AvgIpc) is 2.72. The number of nitrogens with zero attached hydrogens (tertiary/aromatic N) is 1. The number of amides is 2. The topological polar surface area (TPSA) is 78.9 Å². The van der Waals surface area contributed by atoms with Gasteiger partial charge in [0, 0.05) is 0 Å². The molecule has 0 bridgehead atoms. The van der Waals surface area contributed by atoms with Crippen LogP contribution >= 0.6 is 0 Å². The number of carbonyl (C=O) groups is 2. The van der Waals surface area contributed by atoms with Gasteiger partial charge in [-0.15, -0.1) is 0 Å². The van der Waals surface area contributed by atoms with Gasteiger partial charge in [0.2, 0.25) is 0 Å². The van der Waals surface area contributed by atoms with Crippen LogP contribution in [0.3, 0.4) is 0 Å². The summed E-state index contributed by atoms with van der Waals surface area (Å²) in [6.45, 7) is 1.81. The quantitative estimate of drug-likeness (QED) is 0.875. The van der Waals surface area contributed by atoms with Crippen LogP contribution in [-0.2, 0) is 4.74 Å². The van der Waals surface area contributed by atoms with Gasteiger partial charge in [-0.2, -0.15) is 0 Å². The number of hydrogen-bond acceptors (Lipinski definition) is 3. The second-order valence-corrected chi connectivity index (χ2v) is 4.24. The third kappa shape index (κ3) is 2.93. The summed E-state index contributed by atoms with van der Waals surface area (Å²) >= 11 is 0. The number of ether oxygens (including phenoxy) is 1. The molecule has 1 fully saturated rings. The number of rotatable bonds is 3. The molecule has 1 heterocycles. The molecule has 1 aromatic carbocycles. The number of carbonyl (C=O) groups excluding carboxylic acids is 1. The highest BCUT2D eigenvalue weighted by atomic mass is 19.1. The van der Waals surface area contributed by atoms with E-state index in [1.54, 1.807) is 19.1 Å². The molecule has 0 aliphatic carbocycles. The zero-order valence-electron chi connectivity index (χ0n) is 10.2. The van der Waals surface area contributed by atoms with Crippen molar-refractivity contribution in [3.05, 3.63) is 29.6 Å². The molecule has 2 N–H and O–H groups in total. The van der Waals surface area contributed by atoms with Gasteiger partial charge in [-0.25, -0.2) is 14.0 Å². The van der Waals surface area contributed by atoms with Crippen molar-refractivity contribution >= 4 is 17.9 Å². The number of benzene rings is 1. The molecule has 0 spiro atoms. The Labute approximate surface area is 108 Å². The molecule has 1 atom stereocenters. The lowest BCUT2D eigenvalue weighted by atomic mass is 10.2. The maximum absolute atomic E-state index is 13.4. The first-order chi connectivity index (χ1) is 8.97. The zero-order chi connectivity index (χ0) is 14.0. The number of hydrogen-bond donors (Lipinski definition) is 2. The molecule has 2 amide bonds. The fraction of sp³-hybridized carbons (Fsp3) is 0.333. The van der Waals surface area contributed by atoms with Crippen molar-refractivity contribution in [1.82, 2.24) is 5.32 Å². The van der Waals surface area contributed by atoms with E-state index in [9.17, 15) is 14.0 Å². The summed E-state index contributed by atoms with van der Waals surface area (Å²) in [7, 11) is 0. The molecule has 19 heavy (non-hydrogen) atoms. The van der Waals surface area contributed by atoms with Crippen molar-refractivity contribution in [3.63, 3.8) is 0 Å². The first-order valence-corrected chi connectivity index (χ1v) is 5.68. The Kier molecular flexibility index (Phi) is 3.55. The van der Waals surface area contributed by atoms with Crippen molar-refractivity contribution in [2.45, 2.75) is 13.0 Å². The van der Waals surface area contributed by atoms with Gasteiger partial charge in [0.15, 0.2) is 0 Å². The van der Waals surface area contributed by atoms with Crippen LogP contribution in [0.25, 0.3) is 0 Å². The van der Waals surface area contributed by atoms with Crippen LogP contribution in [0.4, 0.5) is 19.7 Å². The summed E-state index contributed by atoms with van der Waals surface area (Å²) in [5, 5.41) is 10.6. The van der Waals surface area contributed by atoms with Crippen molar-refractivity contribution < 1.29 is 23.8 Å². The Morgan fingerprint density at radius 2 is 2.37 bits per heavy atom. The predicted molar refractivity (Wildman–Crippen MR) is 64.8 cm³/mol. The van der Waals surface area contributed by atoms with Gasteiger partial charge < -0.3 is 15.2 Å². The molecule has 0 saturated carbocycles. The molecule has 7 heteroatoms. The molecule has 2 rings (SSSR count). The highest BCUT2D eigenvalue weighted by molar-refractivity contribution is 5.89. The fourth-order valence-electron chi connectivity index (χ4n) is 1.79. The van der Waals surface area contributed by atoms with E-state index in [-0.39, 0.29) is 13.1 Å². The van der Waals surface area contributed by atoms with Crippen molar-refractivity contribution in [2.75, 3.05) is 18.0 Å². The average molecular weight is 268 g/mol. The van der Waals surface area contributed by atoms with E-state index in [1.807, 2.05) is 0 Å². The highest BCUT2D eigenvalue weighted by Gasteiger charge is 2.32. The summed E-state index contributed by atoms with van der Waals surface area (Å²) in [5.41, 5.74) is 0.881. The summed E-state index contributed by atoms with van der Waals surface area (Å²) in [6, 6.07) is 4.44. The number of nitrogens with one attached hydrogen (secondary N) is 1. The molecule has 0 aromatic heterocycles. The maximum Gasteiger partial charge on any atom is 0.414 e. The van der Waals surface area contributed by atoms with E-state index in [1.165, 1.54) is 11.0 Å². The van der Waals surface area contributed by atoms with E-state index >= 15 is 0 Å². The summed E-state index contributed by atoms with van der Waals surface area (Å²) in [6.07, 6.45) is -2.37. The third-order valence-corrected chi connectivity index (χ3v) is 2.82. The smallest absolute Gasteiger partial charge is 0.414 e. The minimum absolute atomic E-state index is 0.00587. The second kappa shape index (κ2) is 5.13. The minimum Gasteiger partial charge on any atom is -0.465 e. The lowest BCUT2D eigenvalue weighted by molar-refractivity contribution is 0.136. The Bertz CT molecular complexity index is 520. The molecule has 1 aliphatic rings. The van der Waals surface area contributed by atoms with E-state index in [0.717, 1.165) is 0 Å². The van der Waals surface area contributed by atoms with Gasteiger partial charge in [-0.05, 0) is 24.6 Å². The standard InChI is InChI=1S/C12H13FN2O4/c1-7-2-3-8(4-10(7)13)15-6-9(19-12(15)18)5-14-11(16)17/h2-4,9,14H,5-6H2,1H3,(H,16,17)/t9-/m1/s1. The van der Waals surface area contributed by atoms with Crippen LogP contribution in [0.15, 0.2) is 18.2 Å². The lowest BCUT2D eigenvalue weighted by Crippen LogP contribution is -2.33.